The molecule has 2 rings (SSSR count). The second kappa shape index (κ2) is 8.59. The van der Waals surface area contributed by atoms with E-state index < -0.39 is 20.5 Å². The molecule has 2 aromatic carbocycles. The summed E-state index contributed by atoms with van der Waals surface area (Å²) in [6, 6.07) is 10.9. The number of alkyl halides is 2. The van der Waals surface area contributed by atoms with Gasteiger partial charge in [-0.25, -0.2) is 8.42 Å². The van der Waals surface area contributed by atoms with Crippen molar-refractivity contribution in [2.24, 2.45) is 0 Å². The first-order chi connectivity index (χ1) is 12.2. The molecular weight excluding hydrogens is 430 g/mol. The fourth-order valence-corrected chi connectivity index (χ4v) is 3.48. The summed E-state index contributed by atoms with van der Waals surface area (Å²) in [4.78, 5) is 11.6. The zero-order valence-electron chi connectivity index (χ0n) is 13.8. The number of carbonyl (C=O) groups is 1. The molecule has 0 saturated carbocycles. The van der Waals surface area contributed by atoms with Crippen LogP contribution in [-0.4, -0.2) is 26.6 Å². The maximum absolute atomic E-state index is 12.8. The number of aryl methyl sites for hydroxylation is 1. The van der Waals surface area contributed by atoms with Crippen molar-refractivity contribution >= 4 is 43.0 Å². The second-order valence-electron chi connectivity index (χ2n) is 5.49. The molecule has 0 atom stereocenters. The first kappa shape index (κ1) is 20.3. The summed E-state index contributed by atoms with van der Waals surface area (Å²) >= 11 is 3.33. The third kappa shape index (κ3) is 5.01. The van der Waals surface area contributed by atoms with E-state index in [1.807, 2.05) is 19.1 Å². The predicted octanol–water partition coefficient (Wildman–Crippen LogP) is 4.19. The van der Waals surface area contributed by atoms with Crippen molar-refractivity contribution < 1.29 is 22.0 Å². The monoisotopic (exact) mass is 446 g/mol. The summed E-state index contributed by atoms with van der Waals surface area (Å²) in [5.74, 6) is -3.79. The van der Waals surface area contributed by atoms with Crippen molar-refractivity contribution in [2.75, 3.05) is 17.2 Å². The average molecular weight is 447 g/mol. The minimum atomic E-state index is -4.72. The van der Waals surface area contributed by atoms with Crippen LogP contribution in [0.5, 0.6) is 0 Å². The van der Waals surface area contributed by atoms with Crippen molar-refractivity contribution in [3.05, 3.63) is 52.5 Å². The molecule has 0 saturated heterocycles. The molecular formula is C17H17BrF2N2O3S. The lowest BCUT2D eigenvalue weighted by molar-refractivity contribution is -0.115. The van der Waals surface area contributed by atoms with Gasteiger partial charge in [0.1, 0.15) is 0 Å². The van der Waals surface area contributed by atoms with Crippen molar-refractivity contribution in [3.8, 4) is 0 Å². The quantitative estimate of drug-likeness (QED) is 0.668. The molecule has 1 amide bonds. The third-order valence-corrected chi connectivity index (χ3v) is 5.50. The molecule has 26 heavy (non-hydrogen) atoms. The summed E-state index contributed by atoms with van der Waals surface area (Å²) in [5.41, 5.74) is 1.59. The molecule has 0 heterocycles. The highest BCUT2D eigenvalue weighted by atomic mass is 79.9. The van der Waals surface area contributed by atoms with Crippen LogP contribution in [0.2, 0.25) is 0 Å². The molecule has 0 radical (unpaired) electrons. The normalized spacial score (nSPS) is 11.4. The Bertz CT molecular complexity index is 905. The number of rotatable bonds is 7. The van der Waals surface area contributed by atoms with E-state index in [0.29, 0.717) is 5.69 Å². The van der Waals surface area contributed by atoms with Crippen LogP contribution in [-0.2, 0) is 14.6 Å². The molecule has 0 unspecified atom stereocenters. The van der Waals surface area contributed by atoms with E-state index in [1.165, 1.54) is 18.2 Å². The first-order valence-corrected chi connectivity index (χ1v) is 9.96. The Morgan fingerprint density at radius 1 is 1.15 bits per heavy atom. The lowest BCUT2D eigenvalue weighted by Gasteiger charge is -2.13. The molecule has 0 aliphatic rings. The summed E-state index contributed by atoms with van der Waals surface area (Å²) < 4.78 is 49.7. The Morgan fingerprint density at radius 3 is 2.54 bits per heavy atom. The van der Waals surface area contributed by atoms with Gasteiger partial charge in [-0.2, -0.15) is 8.78 Å². The molecule has 0 aromatic heterocycles. The predicted molar refractivity (Wildman–Crippen MR) is 100 cm³/mol. The van der Waals surface area contributed by atoms with Crippen LogP contribution >= 0.6 is 15.9 Å². The van der Waals surface area contributed by atoms with Crippen LogP contribution in [0.1, 0.15) is 12.0 Å². The largest absolute Gasteiger partial charge is 0.383 e. The fourth-order valence-electron chi connectivity index (χ4n) is 2.21. The number of anilines is 2. The Balaban J connectivity index is 2.00. The smallest absolute Gasteiger partial charge is 0.341 e. The van der Waals surface area contributed by atoms with E-state index in [0.717, 1.165) is 16.1 Å². The molecule has 5 nitrogen and oxygen atoms in total. The number of benzene rings is 2. The average Bonchev–Trinajstić information content (AvgIpc) is 2.58. The van der Waals surface area contributed by atoms with Crippen LogP contribution < -0.4 is 10.6 Å². The molecule has 0 aliphatic carbocycles. The van der Waals surface area contributed by atoms with E-state index in [9.17, 15) is 22.0 Å². The third-order valence-electron chi connectivity index (χ3n) is 3.57. The van der Waals surface area contributed by atoms with E-state index in [-0.39, 0.29) is 24.6 Å². The van der Waals surface area contributed by atoms with Crippen LogP contribution in [0.25, 0.3) is 0 Å². The van der Waals surface area contributed by atoms with Gasteiger partial charge in [-0.1, -0.05) is 34.1 Å². The van der Waals surface area contributed by atoms with Crippen LogP contribution in [0.4, 0.5) is 20.2 Å². The Morgan fingerprint density at radius 2 is 1.85 bits per heavy atom. The van der Waals surface area contributed by atoms with Gasteiger partial charge >= 0.3 is 5.76 Å². The Kier molecular flexibility index (Phi) is 6.71. The first-order valence-electron chi connectivity index (χ1n) is 7.63. The molecule has 2 aromatic rings. The van der Waals surface area contributed by atoms with E-state index in [4.69, 9.17) is 0 Å². The highest BCUT2D eigenvalue weighted by Crippen LogP contribution is 2.26. The number of sulfone groups is 1. The van der Waals surface area contributed by atoms with E-state index in [2.05, 4.69) is 26.6 Å². The van der Waals surface area contributed by atoms with Gasteiger partial charge in [-0.15, -0.1) is 0 Å². The van der Waals surface area contributed by atoms with Gasteiger partial charge in [0.25, 0.3) is 0 Å². The number of carbonyl (C=O) groups excluding carboxylic acids is 1. The topological polar surface area (TPSA) is 75.3 Å². The highest BCUT2D eigenvalue weighted by molar-refractivity contribution is 9.10. The summed E-state index contributed by atoms with van der Waals surface area (Å²) in [6.45, 7) is 1.94. The second-order valence-corrected chi connectivity index (χ2v) is 8.29. The van der Waals surface area contributed by atoms with Gasteiger partial charge in [0.2, 0.25) is 15.7 Å². The van der Waals surface area contributed by atoms with E-state index >= 15 is 0 Å². The number of para-hydroxylation sites is 1. The Hall–Kier alpha value is -2.00. The van der Waals surface area contributed by atoms with E-state index in [1.54, 1.807) is 6.07 Å². The summed E-state index contributed by atoms with van der Waals surface area (Å²) in [7, 11) is -4.72. The molecule has 0 fully saturated rings. The standard InChI is InChI=1S/C17H17BrF2N2O3S/c1-11-6-7-12(18)10-14(11)22-16(23)8-9-21-13-4-2-3-5-15(13)26(24,25)17(19)20/h2-7,10,17,21H,8-9H2,1H3,(H,22,23). The van der Waals surface area contributed by atoms with Gasteiger partial charge in [0, 0.05) is 23.1 Å². The van der Waals surface area contributed by atoms with Gasteiger partial charge < -0.3 is 10.6 Å². The maximum Gasteiger partial charge on any atom is 0.341 e. The van der Waals surface area contributed by atoms with Crippen molar-refractivity contribution in [2.45, 2.75) is 24.0 Å². The lowest BCUT2D eigenvalue weighted by atomic mass is 10.2. The zero-order chi connectivity index (χ0) is 19.3. The highest BCUT2D eigenvalue weighted by Gasteiger charge is 2.28. The molecule has 140 valence electrons. The van der Waals surface area contributed by atoms with Gasteiger partial charge in [-0.3, -0.25) is 4.79 Å². The maximum atomic E-state index is 12.8. The van der Waals surface area contributed by atoms with Gasteiger partial charge in [0.15, 0.2) is 0 Å². The zero-order valence-corrected chi connectivity index (χ0v) is 16.2. The summed E-state index contributed by atoms with van der Waals surface area (Å²) in [6.07, 6.45) is 0.0367. The SMILES string of the molecule is Cc1ccc(Br)cc1NC(=O)CCNc1ccccc1S(=O)(=O)C(F)F. The van der Waals surface area contributed by atoms with Crippen LogP contribution in [0.15, 0.2) is 51.8 Å². The summed E-state index contributed by atoms with van der Waals surface area (Å²) in [5, 5.41) is 5.49. The molecule has 9 heteroatoms. The number of halogens is 3. The minimum Gasteiger partial charge on any atom is -0.383 e. The molecule has 0 bridgehead atoms. The number of hydrogen-bond acceptors (Lipinski definition) is 4. The van der Waals surface area contributed by atoms with Crippen molar-refractivity contribution in [1.82, 2.24) is 0 Å². The van der Waals surface area contributed by atoms with Crippen LogP contribution in [0.3, 0.4) is 0 Å². The molecule has 2 N–H and O–H groups in total. The fraction of sp³-hybridized carbons (Fsp3) is 0.235. The Labute approximate surface area is 158 Å². The molecule has 0 aliphatic heterocycles. The lowest BCUT2D eigenvalue weighted by Crippen LogP contribution is -2.18. The van der Waals surface area contributed by atoms with Crippen molar-refractivity contribution in [1.29, 1.82) is 0 Å². The number of amides is 1. The molecule has 0 spiro atoms. The number of nitrogens with one attached hydrogen (secondary N) is 2. The minimum absolute atomic E-state index is 0.0367. The van der Waals surface area contributed by atoms with Crippen molar-refractivity contribution in [3.63, 3.8) is 0 Å². The van der Waals surface area contributed by atoms with Crippen LogP contribution in [0, 0.1) is 6.92 Å². The van der Waals surface area contributed by atoms with Gasteiger partial charge in [0.05, 0.1) is 10.6 Å². The van der Waals surface area contributed by atoms with Gasteiger partial charge in [-0.05, 0) is 36.8 Å². The number of hydrogen-bond donors (Lipinski definition) is 2.